The van der Waals surface area contributed by atoms with Crippen LogP contribution in [-0.4, -0.2) is 5.11 Å². The van der Waals surface area contributed by atoms with E-state index in [2.05, 4.69) is 21.3 Å². The molecule has 0 amide bonds. The van der Waals surface area contributed by atoms with Crippen LogP contribution in [0.4, 0.5) is 0 Å². The normalized spacial score (nSPS) is 20.4. The second-order valence-electron chi connectivity index (χ2n) is 4.43. The molecule has 0 aromatic carbocycles. The quantitative estimate of drug-likeness (QED) is 0.867. The third kappa shape index (κ3) is 3.05. The first-order chi connectivity index (χ1) is 7.27. The number of aliphatic hydroxyl groups is 1. The Labute approximate surface area is 104 Å². The lowest BCUT2D eigenvalue weighted by molar-refractivity contribution is 0.131. The van der Waals surface area contributed by atoms with Crippen LogP contribution in [0.3, 0.4) is 0 Å². The van der Waals surface area contributed by atoms with Crippen LogP contribution in [-0.2, 0) is 0 Å². The fraction of sp³-hybridized carbons (Fsp3) is 0.667. The van der Waals surface area contributed by atoms with Crippen LogP contribution in [0.2, 0.25) is 0 Å². The van der Waals surface area contributed by atoms with Gasteiger partial charge in [-0.05, 0) is 33.6 Å². The van der Waals surface area contributed by atoms with Crippen molar-refractivity contribution in [2.45, 2.75) is 44.6 Å². The van der Waals surface area contributed by atoms with E-state index in [-0.39, 0.29) is 6.10 Å². The van der Waals surface area contributed by atoms with Crippen molar-refractivity contribution in [3.05, 3.63) is 20.8 Å². The molecule has 1 aliphatic carbocycles. The molecule has 0 saturated heterocycles. The SMILES string of the molecule is OC(CC1CCCCC1)c1cscc1Br. The molecule has 3 heteroatoms. The van der Waals surface area contributed by atoms with Crippen molar-refractivity contribution in [2.75, 3.05) is 0 Å². The van der Waals surface area contributed by atoms with Gasteiger partial charge in [-0.2, -0.15) is 11.3 Å². The minimum Gasteiger partial charge on any atom is -0.388 e. The summed E-state index contributed by atoms with van der Waals surface area (Å²) in [4.78, 5) is 0. The molecule has 1 aliphatic rings. The summed E-state index contributed by atoms with van der Waals surface area (Å²) in [5.74, 6) is 0.737. The molecule has 1 unspecified atom stereocenters. The van der Waals surface area contributed by atoms with E-state index in [1.165, 1.54) is 32.1 Å². The lowest BCUT2D eigenvalue weighted by atomic mass is 9.84. The molecule has 1 aromatic heterocycles. The molecule has 1 aromatic rings. The smallest absolute Gasteiger partial charge is 0.0811 e. The van der Waals surface area contributed by atoms with Crippen molar-refractivity contribution in [3.8, 4) is 0 Å². The van der Waals surface area contributed by atoms with Gasteiger partial charge in [0.1, 0.15) is 0 Å². The zero-order valence-electron chi connectivity index (χ0n) is 8.79. The van der Waals surface area contributed by atoms with Gasteiger partial charge in [0, 0.05) is 15.4 Å². The summed E-state index contributed by atoms with van der Waals surface area (Å²) in [6, 6.07) is 0. The molecule has 0 aliphatic heterocycles. The number of hydrogen-bond donors (Lipinski definition) is 1. The fourth-order valence-electron chi connectivity index (χ4n) is 2.39. The Morgan fingerprint density at radius 2 is 2.07 bits per heavy atom. The molecule has 1 nitrogen and oxygen atoms in total. The Bertz CT molecular complexity index is 304. The van der Waals surface area contributed by atoms with Gasteiger partial charge in [-0.15, -0.1) is 0 Å². The Hall–Kier alpha value is 0.140. The Balaban J connectivity index is 1.91. The maximum absolute atomic E-state index is 10.1. The van der Waals surface area contributed by atoms with Crippen molar-refractivity contribution in [1.82, 2.24) is 0 Å². The van der Waals surface area contributed by atoms with Gasteiger partial charge in [0.05, 0.1) is 6.10 Å². The van der Waals surface area contributed by atoms with Gasteiger partial charge in [0.2, 0.25) is 0 Å². The van der Waals surface area contributed by atoms with Gasteiger partial charge >= 0.3 is 0 Å². The highest BCUT2D eigenvalue weighted by Gasteiger charge is 2.20. The monoisotopic (exact) mass is 288 g/mol. The lowest BCUT2D eigenvalue weighted by Crippen LogP contribution is -2.10. The second-order valence-corrected chi connectivity index (χ2v) is 6.03. The highest BCUT2D eigenvalue weighted by Crippen LogP contribution is 2.35. The van der Waals surface area contributed by atoms with E-state index >= 15 is 0 Å². The zero-order valence-corrected chi connectivity index (χ0v) is 11.2. The van der Waals surface area contributed by atoms with Crippen LogP contribution in [0, 0.1) is 5.92 Å². The molecular formula is C12H17BrOS. The average Bonchev–Trinajstić information content (AvgIpc) is 2.66. The molecule has 1 atom stereocenters. The zero-order chi connectivity index (χ0) is 10.7. The number of thiophene rings is 1. The van der Waals surface area contributed by atoms with Crippen molar-refractivity contribution in [1.29, 1.82) is 0 Å². The van der Waals surface area contributed by atoms with Gasteiger partial charge in [-0.1, -0.05) is 32.1 Å². The molecule has 2 rings (SSSR count). The first-order valence-electron chi connectivity index (χ1n) is 5.67. The van der Waals surface area contributed by atoms with E-state index in [4.69, 9.17) is 0 Å². The molecule has 1 fully saturated rings. The molecule has 1 N–H and O–H groups in total. The van der Waals surface area contributed by atoms with E-state index in [9.17, 15) is 5.11 Å². The summed E-state index contributed by atoms with van der Waals surface area (Å²) in [6.45, 7) is 0. The van der Waals surface area contributed by atoms with E-state index < -0.39 is 0 Å². The average molecular weight is 289 g/mol. The predicted octanol–water partition coefficient (Wildman–Crippen LogP) is 4.51. The first-order valence-corrected chi connectivity index (χ1v) is 7.40. The lowest BCUT2D eigenvalue weighted by Gasteiger charge is -2.23. The van der Waals surface area contributed by atoms with E-state index in [0.29, 0.717) is 0 Å². The maximum Gasteiger partial charge on any atom is 0.0811 e. The number of hydrogen-bond acceptors (Lipinski definition) is 2. The summed E-state index contributed by atoms with van der Waals surface area (Å²) in [6.07, 6.45) is 7.36. The fourth-order valence-corrected chi connectivity index (χ4v) is 4.00. The van der Waals surface area contributed by atoms with E-state index in [1.54, 1.807) is 11.3 Å². The van der Waals surface area contributed by atoms with Crippen molar-refractivity contribution < 1.29 is 5.11 Å². The minimum absolute atomic E-state index is 0.270. The summed E-state index contributed by atoms with van der Waals surface area (Å²) in [5, 5.41) is 14.2. The summed E-state index contributed by atoms with van der Waals surface area (Å²) in [5.41, 5.74) is 1.07. The highest BCUT2D eigenvalue weighted by molar-refractivity contribution is 9.10. The van der Waals surface area contributed by atoms with Crippen LogP contribution < -0.4 is 0 Å². The standard InChI is InChI=1S/C12H17BrOS/c13-11-8-15-7-10(11)12(14)6-9-4-2-1-3-5-9/h7-9,12,14H,1-6H2. The van der Waals surface area contributed by atoms with E-state index in [0.717, 1.165) is 22.4 Å². The molecule has 0 bridgehead atoms. The largest absolute Gasteiger partial charge is 0.388 e. The molecule has 15 heavy (non-hydrogen) atoms. The van der Waals surface area contributed by atoms with E-state index in [1.807, 2.05) is 5.38 Å². The third-order valence-corrected chi connectivity index (χ3v) is 5.03. The Morgan fingerprint density at radius 3 is 2.67 bits per heavy atom. The Kier molecular flexibility index (Phi) is 4.23. The van der Waals surface area contributed by atoms with Gasteiger partial charge < -0.3 is 5.11 Å². The van der Waals surface area contributed by atoms with Crippen LogP contribution in [0.25, 0.3) is 0 Å². The summed E-state index contributed by atoms with van der Waals surface area (Å²) < 4.78 is 1.07. The number of aliphatic hydroxyl groups excluding tert-OH is 1. The number of halogens is 1. The molecule has 1 heterocycles. The van der Waals surface area contributed by atoms with Gasteiger partial charge in [0.15, 0.2) is 0 Å². The predicted molar refractivity (Wildman–Crippen MR) is 68.2 cm³/mol. The maximum atomic E-state index is 10.1. The van der Waals surface area contributed by atoms with Crippen molar-refractivity contribution >= 4 is 27.3 Å². The van der Waals surface area contributed by atoms with Crippen LogP contribution in [0.5, 0.6) is 0 Å². The van der Waals surface area contributed by atoms with Crippen LogP contribution in [0.1, 0.15) is 50.2 Å². The summed E-state index contributed by atoms with van der Waals surface area (Å²) >= 11 is 5.13. The number of rotatable bonds is 3. The van der Waals surface area contributed by atoms with Gasteiger partial charge in [-0.3, -0.25) is 0 Å². The summed E-state index contributed by atoms with van der Waals surface area (Å²) in [7, 11) is 0. The van der Waals surface area contributed by atoms with Crippen molar-refractivity contribution in [2.24, 2.45) is 5.92 Å². The minimum atomic E-state index is -0.270. The molecule has 1 saturated carbocycles. The molecular weight excluding hydrogens is 272 g/mol. The highest BCUT2D eigenvalue weighted by atomic mass is 79.9. The van der Waals surface area contributed by atoms with Gasteiger partial charge in [-0.25, -0.2) is 0 Å². The van der Waals surface area contributed by atoms with Crippen molar-refractivity contribution in [3.63, 3.8) is 0 Å². The Morgan fingerprint density at radius 1 is 1.33 bits per heavy atom. The molecule has 0 spiro atoms. The molecule has 84 valence electrons. The second kappa shape index (κ2) is 5.46. The topological polar surface area (TPSA) is 20.2 Å². The molecule has 0 radical (unpaired) electrons. The third-order valence-electron chi connectivity index (χ3n) is 3.28. The van der Waals surface area contributed by atoms with Crippen LogP contribution >= 0.6 is 27.3 Å². The first kappa shape index (κ1) is 11.6. The van der Waals surface area contributed by atoms with Gasteiger partial charge in [0.25, 0.3) is 0 Å². The van der Waals surface area contributed by atoms with Crippen LogP contribution in [0.15, 0.2) is 15.2 Å².